The number of amides is 1. The van der Waals surface area contributed by atoms with E-state index in [0.717, 1.165) is 5.56 Å². The number of carbonyl (C=O) groups is 2. The Labute approximate surface area is 174 Å². The number of hydrogen-bond acceptors (Lipinski definition) is 7. The molecule has 30 heavy (non-hydrogen) atoms. The third-order valence-corrected chi connectivity index (χ3v) is 3.92. The molecule has 1 unspecified atom stereocenters. The van der Waals surface area contributed by atoms with Gasteiger partial charge in [0.15, 0.2) is 25.1 Å². The smallest absolute Gasteiger partial charge is 0.408 e. The second-order valence-corrected chi connectivity index (χ2v) is 6.18. The minimum Gasteiger partial charge on any atom is -0.480 e. The van der Waals surface area contributed by atoms with Crippen LogP contribution in [0.5, 0.6) is 11.5 Å². The summed E-state index contributed by atoms with van der Waals surface area (Å²) < 4.78 is 25.8. The van der Waals surface area contributed by atoms with Crippen LogP contribution in [0.4, 0.5) is 4.79 Å². The molecule has 0 aliphatic heterocycles. The third-order valence-electron chi connectivity index (χ3n) is 3.92. The lowest BCUT2D eigenvalue weighted by Crippen LogP contribution is -2.42. The number of rotatable bonds is 12. The zero-order valence-corrected chi connectivity index (χ0v) is 16.8. The predicted octanol–water partition coefficient (Wildman–Crippen LogP) is 2.57. The van der Waals surface area contributed by atoms with E-state index in [1.165, 1.54) is 14.2 Å². The number of aliphatic carboxylic acids is 1. The quantitative estimate of drug-likeness (QED) is 0.505. The van der Waals surface area contributed by atoms with Gasteiger partial charge in [-0.25, -0.2) is 9.59 Å². The molecule has 0 aliphatic rings. The van der Waals surface area contributed by atoms with Crippen molar-refractivity contribution in [1.82, 2.24) is 5.32 Å². The zero-order valence-electron chi connectivity index (χ0n) is 16.8. The van der Waals surface area contributed by atoms with Crippen molar-refractivity contribution in [3.63, 3.8) is 0 Å². The van der Waals surface area contributed by atoms with Crippen LogP contribution in [-0.4, -0.2) is 51.0 Å². The van der Waals surface area contributed by atoms with Crippen molar-refractivity contribution in [2.75, 3.05) is 27.8 Å². The summed E-state index contributed by atoms with van der Waals surface area (Å²) in [6, 6.07) is 12.8. The largest absolute Gasteiger partial charge is 0.480 e. The van der Waals surface area contributed by atoms with Crippen molar-refractivity contribution in [2.24, 2.45) is 0 Å². The molecule has 0 fully saturated rings. The minimum atomic E-state index is -1.19. The molecule has 2 aromatic carbocycles. The molecule has 1 atom stereocenters. The molecule has 0 spiro atoms. The van der Waals surface area contributed by atoms with Crippen molar-refractivity contribution in [3.05, 3.63) is 59.7 Å². The molecular weight excluding hydrogens is 394 g/mol. The molecular formula is C21H25NO8. The number of benzene rings is 2. The van der Waals surface area contributed by atoms with Gasteiger partial charge < -0.3 is 34.1 Å². The van der Waals surface area contributed by atoms with Crippen molar-refractivity contribution in [1.29, 1.82) is 0 Å². The van der Waals surface area contributed by atoms with Gasteiger partial charge in [0.25, 0.3) is 0 Å². The van der Waals surface area contributed by atoms with Crippen molar-refractivity contribution < 1.29 is 38.4 Å². The Balaban J connectivity index is 2.02. The Kier molecular flexibility index (Phi) is 9.43. The fourth-order valence-electron chi connectivity index (χ4n) is 2.50. The number of carboxylic acids is 1. The van der Waals surface area contributed by atoms with Gasteiger partial charge in [0, 0.05) is 20.6 Å². The van der Waals surface area contributed by atoms with E-state index in [0.29, 0.717) is 17.1 Å². The molecule has 0 saturated heterocycles. The highest BCUT2D eigenvalue weighted by Gasteiger charge is 2.22. The number of carboxylic acid groups (broad SMARTS) is 1. The van der Waals surface area contributed by atoms with E-state index >= 15 is 0 Å². The fraction of sp³-hybridized carbons (Fsp3) is 0.333. The van der Waals surface area contributed by atoms with E-state index in [1.807, 2.05) is 18.2 Å². The van der Waals surface area contributed by atoms with Crippen LogP contribution >= 0.6 is 0 Å². The summed E-state index contributed by atoms with van der Waals surface area (Å²) in [6.45, 7) is 0.0496. The van der Waals surface area contributed by atoms with Gasteiger partial charge in [-0.05, 0) is 23.3 Å². The van der Waals surface area contributed by atoms with Crippen LogP contribution in [0.15, 0.2) is 48.5 Å². The Morgan fingerprint density at radius 1 is 0.933 bits per heavy atom. The number of nitrogens with one attached hydrogen (secondary N) is 1. The van der Waals surface area contributed by atoms with Gasteiger partial charge in [0.1, 0.15) is 12.6 Å². The first-order chi connectivity index (χ1) is 14.5. The van der Waals surface area contributed by atoms with Crippen LogP contribution in [0.2, 0.25) is 0 Å². The van der Waals surface area contributed by atoms with Crippen LogP contribution in [0.3, 0.4) is 0 Å². The van der Waals surface area contributed by atoms with Gasteiger partial charge in [-0.3, -0.25) is 0 Å². The molecule has 0 bridgehead atoms. The van der Waals surface area contributed by atoms with E-state index in [2.05, 4.69) is 5.32 Å². The van der Waals surface area contributed by atoms with Crippen molar-refractivity contribution >= 4 is 12.1 Å². The lowest BCUT2D eigenvalue weighted by atomic mass is 10.1. The average Bonchev–Trinajstić information content (AvgIpc) is 2.75. The average molecular weight is 419 g/mol. The lowest BCUT2D eigenvalue weighted by molar-refractivity contribution is -0.139. The third kappa shape index (κ3) is 7.61. The van der Waals surface area contributed by atoms with Crippen LogP contribution in [0.25, 0.3) is 0 Å². The van der Waals surface area contributed by atoms with Crippen molar-refractivity contribution in [2.45, 2.75) is 19.1 Å². The second-order valence-electron chi connectivity index (χ2n) is 6.18. The Bertz CT molecular complexity index is 812. The monoisotopic (exact) mass is 419 g/mol. The maximum absolute atomic E-state index is 12.0. The van der Waals surface area contributed by atoms with Gasteiger partial charge in [0.05, 0.1) is 0 Å². The topological polar surface area (TPSA) is 113 Å². The molecule has 2 rings (SSSR count). The SMILES string of the molecule is COCOc1ccc(CC(NC(=O)OCc2ccccc2)C(=O)O)cc1OCOC. The van der Waals surface area contributed by atoms with E-state index in [4.69, 9.17) is 23.7 Å². The summed E-state index contributed by atoms with van der Waals surface area (Å²) in [4.78, 5) is 23.6. The number of carbonyl (C=O) groups excluding carboxylic acids is 1. The molecule has 9 heteroatoms. The molecule has 1 amide bonds. The first-order valence-electron chi connectivity index (χ1n) is 9.10. The summed E-state index contributed by atoms with van der Waals surface area (Å²) in [5.41, 5.74) is 1.41. The molecule has 2 aromatic rings. The molecule has 0 aromatic heterocycles. The molecule has 0 radical (unpaired) electrons. The fourth-order valence-corrected chi connectivity index (χ4v) is 2.50. The predicted molar refractivity (Wildman–Crippen MR) is 106 cm³/mol. The van der Waals surface area contributed by atoms with Gasteiger partial charge in [-0.15, -0.1) is 0 Å². The van der Waals surface area contributed by atoms with Crippen LogP contribution < -0.4 is 14.8 Å². The summed E-state index contributed by atoms with van der Waals surface area (Å²) >= 11 is 0. The number of methoxy groups -OCH3 is 2. The van der Waals surface area contributed by atoms with Crippen LogP contribution in [0, 0.1) is 0 Å². The molecule has 162 valence electrons. The maximum Gasteiger partial charge on any atom is 0.408 e. The molecule has 0 heterocycles. The van der Waals surface area contributed by atoms with E-state index in [9.17, 15) is 14.7 Å². The van der Waals surface area contributed by atoms with Crippen molar-refractivity contribution in [3.8, 4) is 11.5 Å². The number of alkyl carbamates (subject to hydrolysis) is 1. The second kappa shape index (κ2) is 12.3. The molecule has 2 N–H and O–H groups in total. The lowest BCUT2D eigenvalue weighted by Gasteiger charge is -2.17. The van der Waals surface area contributed by atoms with E-state index in [-0.39, 0.29) is 26.6 Å². The summed E-state index contributed by atoms with van der Waals surface area (Å²) in [5.74, 6) is -0.410. The Morgan fingerprint density at radius 2 is 1.60 bits per heavy atom. The number of ether oxygens (including phenoxy) is 5. The van der Waals surface area contributed by atoms with Gasteiger partial charge in [-0.2, -0.15) is 0 Å². The Hall–Kier alpha value is -3.30. The standard InChI is InChI=1S/C21H25NO8/c1-26-13-29-18-9-8-16(11-19(18)30-14-27-2)10-17(20(23)24)22-21(25)28-12-15-6-4-3-5-7-15/h3-9,11,17H,10,12-14H2,1-2H3,(H,22,25)(H,23,24). The maximum atomic E-state index is 12.0. The number of hydrogen-bond donors (Lipinski definition) is 2. The molecule has 9 nitrogen and oxygen atoms in total. The zero-order chi connectivity index (χ0) is 21.8. The minimum absolute atomic E-state index is 0.0147. The van der Waals surface area contributed by atoms with Gasteiger partial charge >= 0.3 is 12.1 Å². The highest BCUT2D eigenvalue weighted by atomic mass is 16.7. The molecule has 0 saturated carbocycles. The van der Waals surface area contributed by atoms with Crippen LogP contribution in [-0.2, 0) is 32.0 Å². The van der Waals surface area contributed by atoms with E-state index < -0.39 is 18.1 Å². The first kappa shape index (κ1) is 23.0. The summed E-state index contributed by atoms with van der Waals surface area (Å²) in [7, 11) is 2.97. The Morgan fingerprint density at radius 3 is 2.23 bits per heavy atom. The summed E-state index contributed by atoms with van der Waals surface area (Å²) in [6.07, 6.45) is -0.800. The highest BCUT2D eigenvalue weighted by molar-refractivity contribution is 5.80. The first-order valence-corrected chi connectivity index (χ1v) is 9.10. The summed E-state index contributed by atoms with van der Waals surface area (Å²) in [5, 5.41) is 11.9. The molecule has 0 aliphatic carbocycles. The van der Waals surface area contributed by atoms with Gasteiger partial charge in [0.2, 0.25) is 0 Å². The van der Waals surface area contributed by atoms with Gasteiger partial charge in [-0.1, -0.05) is 36.4 Å². The normalized spacial score (nSPS) is 11.4. The van der Waals surface area contributed by atoms with Crippen LogP contribution in [0.1, 0.15) is 11.1 Å². The van der Waals surface area contributed by atoms with E-state index in [1.54, 1.807) is 30.3 Å². The highest BCUT2D eigenvalue weighted by Crippen LogP contribution is 2.29.